The van der Waals surface area contributed by atoms with Gasteiger partial charge in [0.25, 0.3) is 11.8 Å². The SMILES string of the molecule is COc1cc2nn(C3CCN(CC4CN(c5ccc(C(=O)NC6CCC(=O)NC6=O)c(F)c5)C4)CC3)cc2cc1NC(=O)c1cnn2cccnc12. The molecule has 2 aromatic carbocycles. The molecule has 0 saturated carbocycles. The maximum absolute atomic E-state index is 15.0. The van der Waals surface area contributed by atoms with Crippen molar-refractivity contribution < 1.29 is 28.3 Å². The van der Waals surface area contributed by atoms with Crippen molar-refractivity contribution >= 4 is 51.6 Å². The molecule has 0 spiro atoms. The van der Waals surface area contributed by atoms with Gasteiger partial charge in [-0.05, 0) is 49.6 Å². The number of carbonyl (C=O) groups is 4. The first kappa shape index (κ1) is 33.3. The molecule has 6 heterocycles. The molecule has 4 amide bonds. The highest BCUT2D eigenvalue weighted by molar-refractivity contribution is 6.09. The molecular weight excluding hydrogens is 671 g/mol. The summed E-state index contributed by atoms with van der Waals surface area (Å²) in [5, 5.41) is 17.6. The van der Waals surface area contributed by atoms with Gasteiger partial charge in [0.2, 0.25) is 11.8 Å². The minimum Gasteiger partial charge on any atom is -0.494 e. The van der Waals surface area contributed by atoms with Crippen LogP contribution < -0.4 is 25.6 Å². The molecular formula is C36H37FN10O5. The number of nitrogens with zero attached hydrogens (tertiary/aromatic N) is 7. The largest absolute Gasteiger partial charge is 0.494 e. The monoisotopic (exact) mass is 708 g/mol. The van der Waals surface area contributed by atoms with E-state index in [2.05, 4.69) is 35.8 Å². The van der Waals surface area contributed by atoms with Crippen LogP contribution in [0.1, 0.15) is 52.4 Å². The highest BCUT2D eigenvalue weighted by Crippen LogP contribution is 2.33. The first-order chi connectivity index (χ1) is 25.2. The highest BCUT2D eigenvalue weighted by atomic mass is 19.1. The predicted molar refractivity (Wildman–Crippen MR) is 188 cm³/mol. The van der Waals surface area contributed by atoms with E-state index in [9.17, 15) is 23.6 Å². The van der Waals surface area contributed by atoms with Crippen molar-refractivity contribution in [1.29, 1.82) is 0 Å². The standard InChI is InChI=1S/C36H37FN10O5/c1-52-31-15-29-22(13-30(31)41-35(50)26-16-39-46-10-2-9-38-33(26)46)20-47(43-29)23-7-11-44(12-8-23)17-21-18-45(19-21)24-3-4-25(27(37)14-24)34(49)40-28-5-6-32(48)42-36(28)51/h2-4,9-10,13-16,20-21,23,28H,5-8,11-12,17-19H2,1H3,(H,40,49)(H,41,50)(H,42,48,51). The Morgan fingerprint density at radius 2 is 1.88 bits per heavy atom. The summed E-state index contributed by atoms with van der Waals surface area (Å²) in [4.78, 5) is 58.0. The van der Waals surface area contributed by atoms with Crippen molar-refractivity contribution in [2.75, 3.05) is 50.1 Å². The number of halogens is 1. The number of benzene rings is 2. The molecule has 16 heteroatoms. The summed E-state index contributed by atoms with van der Waals surface area (Å²) in [6.45, 7) is 4.39. The number of amides is 4. The van der Waals surface area contributed by atoms with Crippen LogP contribution >= 0.6 is 0 Å². The van der Waals surface area contributed by atoms with Gasteiger partial charge in [-0.2, -0.15) is 10.2 Å². The molecule has 0 bridgehead atoms. The molecule has 3 N–H and O–H groups in total. The lowest BCUT2D eigenvalue weighted by atomic mass is 9.96. The number of fused-ring (bicyclic) bond motifs is 2. The molecule has 52 heavy (non-hydrogen) atoms. The molecule has 3 aromatic heterocycles. The number of piperidine rings is 2. The van der Waals surface area contributed by atoms with Crippen molar-refractivity contribution in [2.24, 2.45) is 5.92 Å². The van der Waals surface area contributed by atoms with E-state index < -0.39 is 23.7 Å². The number of likely N-dealkylation sites (tertiary alicyclic amines) is 1. The fraction of sp³-hybridized carbons (Fsp3) is 0.361. The fourth-order valence-corrected chi connectivity index (χ4v) is 7.28. The van der Waals surface area contributed by atoms with Crippen molar-refractivity contribution in [1.82, 2.24) is 39.9 Å². The van der Waals surface area contributed by atoms with Crippen LogP contribution in [-0.2, 0) is 9.59 Å². The van der Waals surface area contributed by atoms with Crippen LogP contribution in [-0.4, -0.2) is 98.8 Å². The van der Waals surface area contributed by atoms with Crippen molar-refractivity contribution in [3.63, 3.8) is 0 Å². The van der Waals surface area contributed by atoms with Crippen LogP contribution in [0.3, 0.4) is 0 Å². The molecule has 1 atom stereocenters. The fourth-order valence-electron chi connectivity index (χ4n) is 7.28. The Bertz CT molecular complexity index is 2200. The Labute approximate surface area is 297 Å². The third-order valence-electron chi connectivity index (χ3n) is 10.1. The van der Waals surface area contributed by atoms with Crippen molar-refractivity contribution in [3.8, 4) is 5.75 Å². The van der Waals surface area contributed by atoms with Crippen molar-refractivity contribution in [3.05, 3.63) is 78.1 Å². The lowest BCUT2D eigenvalue weighted by Gasteiger charge is -2.44. The molecule has 268 valence electrons. The number of carbonyl (C=O) groups excluding carboxylic acids is 4. The van der Waals surface area contributed by atoms with Gasteiger partial charge in [-0.15, -0.1) is 0 Å². The van der Waals surface area contributed by atoms with Gasteiger partial charge in [0, 0.05) is 80.8 Å². The predicted octanol–water partition coefficient (Wildman–Crippen LogP) is 2.79. The summed E-state index contributed by atoms with van der Waals surface area (Å²) >= 11 is 0. The second-order valence-electron chi connectivity index (χ2n) is 13.6. The van der Waals surface area contributed by atoms with E-state index in [-0.39, 0.29) is 36.3 Å². The number of hydrogen-bond donors (Lipinski definition) is 3. The number of rotatable bonds is 9. The van der Waals surface area contributed by atoms with Crippen LogP contribution in [0, 0.1) is 11.7 Å². The smallest absolute Gasteiger partial charge is 0.261 e. The number of aromatic nitrogens is 5. The maximum Gasteiger partial charge on any atom is 0.261 e. The Balaban J connectivity index is 0.831. The number of nitrogens with one attached hydrogen (secondary N) is 3. The third kappa shape index (κ3) is 6.52. The summed E-state index contributed by atoms with van der Waals surface area (Å²) in [5.74, 6) is -1.68. The van der Waals surface area contributed by atoms with Gasteiger partial charge in [0.05, 0.1) is 36.1 Å². The van der Waals surface area contributed by atoms with E-state index in [4.69, 9.17) is 9.84 Å². The highest BCUT2D eigenvalue weighted by Gasteiger charge is 2.32. The van der Waals surface area contributed by atoms with Gasteiger partial charge < -0.3 is 25.2 Å². The summed E-state index contributed by atoms with van der Waals surface area (Å²) in [7, 11) is 1.56. The van der Waals surface area contributed by atoms with Crippen molar-refractivity contribution in [2.45, 2.75) is 37.8 Å². The number of methoxy groups -OCH3 is 1. The molecule has 1 unspecified atom stereocenters. The summed E-state index contributed by atoms with van der Waals surface area (Å²) in [6, 6.07) is 9.36. The van der Waals surface area contributed by atoms with Crippen LogP contribution in [0.15, 0.2) is 61.2 Å². The number of anilines is 2. The van der Waals surface area contributed by atoms with Gasteiger partial charge in [0.1, 0.15) is 23.2 Å². The zero-order valence-corrected chi connectivity index (χ0v) is 28.4. The summed E-state index contributed by atoms with van der Waals surface area (Å²) in [5.41, 5.74) is 2.72. The molecule has 5 aromatic rings. The topological polar surface area (TPSA) is 168 Å². The Kier molecular flexibility index (Phi) is 8.74. The first-order valence-corrected chi connectivity index (χ1v) is 17.3. The van der Waals surface area contributed by atoms with E-state index in [1.807, 2.05) is 23.0 Å². The third-order valence-corrected chi connectivity index (χ3v) is 10.1. The van der Waals surface area contributed by atoms with Crippen LogP contribution in [0.2, 0.25) is 0 Å². The van der Waals surface area contributed by atoms with E-state index in [1.165, 1.54) is 18.3 Å². The second kappa shape index (κ2) is 13.7. The molecule has 15 nitrogen and oxygen atoms in total. The van der Waals surface area contributed by atoms with Gasteiger partial charge in [0.15, 0.2) is 5.65 Å². The molecule has 3 aliphatic rings. The Morgan fingerprint density at radius 3 is 2.65 bits per heavy atom. The minimum absolute atomic E-state index is 0.125. The number of hydrogen-bond acceptors (Lipinski definition) is 10. The number of ether oxygens (including phenoxy) is 1. The molecule has 3 saturated heterocycles. The molecule has 3 aliphatic heterocycles. The molecule has 8 rings (SSSR count). The normalized spacial score (nSPS) is 18.7. The van der Waals surface area contributed by atoms with Crippen LogP contribution in [0.25, 0.3) is 16.6 Å². The first-order valence-electron chi connectivity index (χ1n) is 17.3. The Morgan fingerprint density at radius 1 is 1.06 bits per heavy atom. The zero-order valence-electron chi connectivity index (χ0n) is 28.4. The maximum atomic E-state index is 15.0. The lowest BCUT2D eigenvalue weighted by molar-refractivity contribution is -0.134. The van der Waals surface area contributed by atoms with Gasteiger partial charge >= 0.3 is 0 Å². The number of imide groups is 1. The minimum atomic E-state index is -0.864. The average Bonchev–Trinajstić information content (AvgIpc) is 3.75. The van der Waals surface area contributed by atoms with E-state index in [1.54, 1.807) is 36.2 Å². The van der Waals surface area contributed by atoms with E-state index in [0.29, 0.717) is 34.3 Å². The van der Waals surface area contributed by atoms with Gasteiger partial charge in [-0.3, -0.25) is 29.2 Å². The molecule has 0 radical (unpaired) electrons. The summed E-state index contributed by atoms with van der Waals surface area (Å²) < 4.78 is 24.1. The molecule has 3 fully saturated rings. The zero-order chi connectivity index (χ0) is 35.9. The summed E-state index contributed by atoms with van der Waals surface area (Å²) in [6.07, 6.45) is 9.07. The lowest BCUT2D eigenvalue weighted by Crippen LogP contribution is -2.53. The van der Waals surface area contributed by atoms with E-state index in [0.717, 1.165) is 56.5 Å². The molecule has 0 aliphatic carbocycles. The van der Waals surface area contributed by atoms with Gasteiger partial charge in [-0.1, -0.05) is 0 Å². The second-order valence-corrected chi connectivity index (χ2v) is 13.6. The van der Waals surface area contributed by atoms with Gasteiger partial charge in [-0.25, -0.2) is 13.9 Å². The van der Waals surface area contributed by atoms with E-state index >= 15 is 0 Å². The Hall–Kier alpha value is -5.90. The van der Waals surface area contributed by atoms with Crippen LogP contribution in [0.5, 0.6) is 5.75 Å². The average molecular weight is 709 g/mol. The van der Waals surface area contributed by atoms with Crippen LogP contribution in [0.4, 0.5) is 15.8 Å². The quantitative estimate of drug-likeness (QED) is 0.194.